The molecule has 0 aliphatic carbocycles. The van der Waals surface area contributed by atoms with Gasteiger partial charge < -0.3 is 49.6 Å². The van der Waals surface area contributed by atoms with Gasteiger partial charge >= 0.3 is 0 Å². The van der Waals surface area contributed by atoms with Crippen molar-refractivity contribution in [1.82, 2.24) is 0 Å². The number of fused-ring (bicyclic) bond motifs is 5. The Morgan fingerprint density at radius 2 is 1.57 bits per heavy atom. The van der Waals surface area contributed by atoms with E-state index in [9.17, 15) is 35.4 Å². The second kappa shape index (κ2) is 9.47. The first-order valence-corrected chi connectivity index (χ1v) is 13.1. The molecule has 0 unspecified atom stereocenters. The molecule has 3 aliphatic heterocycles. The fourth-order valence-corrected chi connectivity index (χ4v) is 5.61. The number of carbonyl (C=O) groups is 1. The number of Topliss-reactive ketones (excluding diaryl/α,β-unsaturated/α-hetero) is 1. The quantitative estimate of drug-likeness (QED) is 0.194. The maximum Gasteiger partial charge on any atom is 0.201 e. The molecule has 4 atom stereocenters. The van der Waals surface area contributed by atoms with Crippen LogP contribution in [0.4, 0.5) is 0 Å². The Labute approximate surface area is 238 Å². The van der Waals surface area contributed by atoms with E-state index in [0.717, 1.165) is 5.56 Å². The zero-order chi connectivity index (χ0) is 29.3. The summed E-state index contributed by atoms with van der Waals surface area (Å²) in [4.78, 5) is 13.1. The van der Waals surface area contributed by atoms with E-state index in [2.05, 4.69) is 0 Å². The van der Waals surface area contributed by atoms with Gasteiger partial charge in [-0.25, -0.2) is 0 Å². The summed E-state index contributed by atoms with van der Waals surface area (Å²) in [7, 11) is 0. The van der Waals surface area contributed by atoms with Gasteiger partial charge in [0.1, 0.15) is 17.6 Å². The number of rotatable bonds is 3. The maximum absolute atomic E-state index is 13.1. The molecule has 0 fully saturated rings. The van der Waals surface area contributed by atoms with Crippen LogP contribution in [0.5, 0.6) is 51.7 Å². The van der Waals surface area contributed by atoms with E-state index in [-0.39, 0.29) is 58.7 Å². The van der Waals surface area contributed by atoms with E-state index in [1.165, 1.54) is 42.5 Å². The number of aliphatic hydroxyl groups is 1. The summed E-state index contributed by atoms with van der Waals surface area (Å²) in [6.07, 6.45) is -3.48. The summed E-state index contributed by atoms with van der Waals surface area (Å²) in [6, 6.07) is 14.7. The maximum atomic E-state index is 13.1. The van der Waals surface area contributed by atoms with Gasteiger partial charge in [0.2, 0.25) is 5.75 Å². The van der Waals surface area contributed by atoms with Crippen molar-refractivity contribution in [2.75, 3.05) is 0 Å². The number of hydrogen-bond donors (Lipinski definition) is 6. The number of hydrogen-bond acceptors (Lipinski definition) is 11. The van der Waals surface area contributed by atoms with Crippen molar-refractivity contribution < 1.29 is 54.4 Å². The molecule has 6 N–H and O–H groups in total. The number of benzene rings is 4. The number of carbonyl (C=O) groups excluding carboxylic acids is 1. The lowest BCUT2D eigenvalue weighted by atomic mass is 9.88. The SMILES string of the molecule is O=C1c2ccc(O)c(O)c2O[C@@H]2c3ccc(Oc4cc([C@H]5Oc6cc(O)ccc6C[C@@H]5O)ccc4O)c(O)c3CO[C@H]12. The van der Waals surface area contributed by atoms with E-state index in [1.54, 1.807) is 18.2 Å². The largest absolute Gasteiger partial charge is 0.508 e. The van der Waals surface area contributed by atoms with Gasteiger partial charge in [0.15, 0.2) is 52.5 Å². The van der Waals surface area contributed by atoms with Crippen LogP contribution in [0.25, 0.3) is 0 Å². The van der Waals surface area contributed by atoms with Crippen molar-refractivity contribution in [1.29, 1.82) is 0 Å². The minimum Gasteiger partial charge on any atom is -0.508 e. The molecule has 0 spiro atoms. The van der Waals surface area contributed by atoms with E-state index in [4.69, 9.17) is 18.9 Å². The van der Waals surface area contributed by atoms with E-state index >= 15 is 0 Å². The fourth-order valence-electron chi connectivity index (χ4n) is 5.61. The molecular weight excluding hydrogens is 548 g/mol. The Balaban J connectivity index is 1.19. The molecule has 0 saturated heterocycles. The number of aromatic hydroxyl groups is 5. The van der Waals surface area contributed by atoms with Gasteiger partial charge in [0, 0.05) is 23.6 Å². The molecule has 4 aromatic rings. The topological polar surface area (TPSA) is 175 Å². The number of aliphatic hydroxyl groups excluding tert-OH is 1. The molecule has 11 nitrogen and oxygen atoms in total. The van der Waals surface area contributed by atoms with Gasteiger partial charge in [0.25, 0.3) is 0 Å². The Morgan fingerprint density at radius 3 is 2.40 bits per heavy atom. The summed E-state index contributed by atoms with van der Waals surface area (Å²) in [5.74, 6) is -1.75. The highest BCUT2D eigenvalue weighted by molar-refractivity contribution is 6.04. The van der Waals surface area contributed by atoms with Crippen LogP contribution in [0.15, 0.2) is 60.7 Å². The highest BCUT2D eigenvalue weighted by Gasteiger charge is 2.45. The zero-order valence-electron chi connectivity index (χ0n) is 21.7. The van der Waals surface area contributed by atoms with Crippen molar-refractivity contribution in [3.05, 3.63) is 88.5 Å². The van der Waals surface area contributed by atoms with Crippen LogP contribution in [0.3, 0.4) is 0 Å². The van der Waals surface area contributed by atoms with Crippen molar-refractivity contribution in [3.8, 4) is 51.7 Å². The molecule has 0 aromatic heterocycles. The predicted octanol–water partition coefficient (Wildman–Crippen LogP) is 4.26. The van der Waals surface area contributed by atoms with Crippen LogP contribution >= 0.6 is 0 Å². The fraction of sp³-hybridized carbons (Fsp3) is 0.194. The number of phenolic OH excluding ortho intramolecular Hbond substituents is 5. The molecule has 0 bridgehead atoms. The second-order valence-corrected chi connectivity index (χ2v) is 10.4. The molecule has 4 aromatic carbocycles. The summed E-state index contributed by atoms with van der Waals surface area (Å²) in [5, 5.41) is 62.4. The molecular formula is C31H24O11. The molecule has 214 valence electrons. The van der Waals surface area contributed by atoms with Gasteiger partial charge in [-0.15, -0.1) is 0 Å². The van der Waals surface area contributed by atoms with Crippen LogP contribution in [-0.4, -0.2) is 48.6 Å². The second-order valence-electron chi connectivity index (χ2n) is 10.4. The average Bonchev–Trinajstić information content (AvgIpc) is 2.97. The minimum atomic E-state index is -1.03. The third-order valence-electron chi connectivity index (χ3n) is 7.77. The van der Waals surface area contributed by atoms with Gasteiger partial charge in [-0.05, 0) is 47.5 Å². The normalized spacial score (nSPS) is 22.1. The molecule has 3 heterocycles. The van der Waals surface area contributed by atoms with Crippen LogP contribution in [0.2, 0.25) is 0 Å². The summed E-state index contributed by atoms with van der Waals surface area (Å²) in [5.41, 5.74) is 2.01. The van der Waals surface area contributed by atoms with Crippen molar-refractivity contribution in [2.45, 2.75) is 37.4 Å². The van der Waals surface area contributed by atoms with Crippen molar-refractivity contribution >= 4 is 5.78 Å². The van der Waals surface area contributed by atoms with Crippen LogP contribution in [0, 0.1) is 0 Å². The monoisotopic (exact) mass is 572 g/mol. The van der Waals surface area contributed by atoms with Crippen LogP contribution in [0.1, 0.15) is 44.8 Å². The molecule has 7 rings (SSSR count). The average molecular weight is 573 g/mol. The third-order valence-corrected chi connectivity index (χ3v) is 7.77. The van der Waals surface area contributed by atoms with E-state index < -0.39 is 41.7 Å². The Bertz CT molecular complexity index is 1760. The highest BCUT2D eigenvalue weighted by atomic mass is 16.6. The van der Waals surface area contributed by atoms with E-state index in [1.807, 2.05) is 0 Å². The third kappa shape index (κ3) is 4.01. The van der Waals surface area contributed by atoms with Gasteiger partial charge in [0.05, 0.1) is 18.3 Å². The van der Waals surface area contributed by atoms with Crippen LogP contribution in [-0.2, 0) is 17.8 Å². The Morgan fingerprint density at radius 1 is 0.762 bits per heavy atom. The summed E-state index contributed by atoms with van der Waals surface area (Å²) < 4.78 is 23.5. The molecule has 0 amide bonds. The standard InChI is InChI=1S/C31H24O11/c32-15-3-1-13-9-21(35)28(41-23(13)11-15)14-2-6-19(33)24(10-14)40-22-8-5-16-18(25(22)36)12-39-31-26(37)17-4-7-20(34)27(38)29(17)42-30(16)31/h1-8,10-11,21,28,30-36,38H,9,12H2/t21-,28+,30+,31+/m0/s1. The summed E-state index contributed by atoms with van der Waals surface area (Å²) in [6.45, 7) is -0.144. The minimum absolute atomic E-state index is 0.0201. The highest BCUT2D eigenvalue weighted by Crippen LogP contribution is 2.50. The van der Waals surface area contributed by atoms with Crippen molar-refractivity contribution in [2.24, 2.45) is 0 Å². The number of phenols is 5. The van der Waals surface area contributed by atoms with E-state index in [0.29, 0.717) is 16.9 Å². The zero-order valence-corrected chi connectivity index (χ0v) is 21.7. The lowest BCUT2D eigenvalue weighted by Crippen LogP contribution is -2.41. The lowest BCUT2D eigenvalue weighted by Gasteiger charge is -2.37. The first kappa shape index (κ1) is 25.8. The number of ether oxygens (including phenoxy) is 4. The van der Waals surface area contributed by atoms with Crippen molar-refractivity contribution in [3.63, 3.8) is 0 Å². The first-order chi connectivity index (χ1) is 20.2. The van der Waals surface area contributed by atoms with Gasteiger partial charge in [-0.2, -0.15) is 0 Å². The lowest BCUT2D eigenvalue weighted by molar-refractivity contribution is -0.0438. The molecule has 42 heavy (non-hydrogen) atoms. The van der Waals surface area contributed by atoms with Gasteiger partial charge in [-0.3, -0.25) is 4.79 Å². The Hall–Kier alpha value is -5.13. The molecule has 0 radical (unpaired) electrons. The van der Waals surface area contributed by atoms with Gasteiger partial charge in [-0.1, -0.05) is 18.2 Å². The predicted molar refractivity (Wildman–Crippen MR) is 144 cm³/mol. The Kier molecular flexibility index (Phi) is 5.82. The van der Waals surface area contributed by atoms with Crippen LogP contribution < -0.4 is 14.2 Å². The summed E-state index contributed by atoms with van der Waals surface area (Å²) >= 11 is 0. The molecule has 0 saturated carbocycles. The number of ketones is 1. The molecule has 3 aliphatic rings. The molecule has 11 heteroatoms. The smallest absolute Gasteiger partial charge is 0.201 e. The first-order valence-electron chi connectivity index (χ1n) is 13.1.